The Morgan fingerprint density at radius 2 is 1.79 bits per heavy atom. The summed E-state index contributed by atoms with van der Waals surface area (Å²) in [7, 11) is 0. The molecule has 2 atom stereocenters. The molecule has 0 heterocycles. The zero-order valence-electron chi connectivity index (χ0n) is 13.8. The summed E-state index contributed by atoms with van der Waals surface area (Å²) in [5.74, 6) is -1.38. The fourth-order valence-electron chi connectivity index (χ4n) is 2.48. The first-order valence-corrected chi connectivity index (χ1v) is 7.86. The van der Waals surface area contributed by atoms with E-state index in [1.807, 2.05) is 62.4 Å². The van der Waals surface area contributed by atoms with Crippen LogP contribution in [0.3, 0.4) is 0 Å². The maximum Gasteiger partial charge on any atom is 0.321 e. The molecule has 2 rings (SSSR count). The summed E-state index contributed by atoms with van der Waals surface area (Å²) in [6.45, 7) is 3.81. The minimum atomic E-state index is -1.04. The van der Waals surface area contributed by atoms with E-state index in [9.17, 15) is 14.7 Å². The monoisotopic (exact) mass is 326 g/mol. The minimum Gasteiger partial charge on any atom is -0.480 e. The Bertz CT molecular complexity index is 701. The largest absolute Gasteiger partial charge is 0.480 e. The fraction of sp³-hybridized carbons (Fsp3) is 0.263. The van der Waals surface area contributed by atoms with Crippen molar-refractivity contribution in [2.75, 3.05) is 5.32 Å². The number of carboxylic acids is 1. The SMILES string of the molecule is Cc1cccc(NC(=O)C[C@@H](N[C@H](C)c2ccccc2)C(=O)O)c1. The molecule has 0 aliphatic rings. The molecule has 0 fully saturated rings. The Morgan fingerprint density at radius 1 is 1.08 bits per heavy atom. The van der Waals surface area contributed by atoms with Gasteiger partial charge in [0, 0.05) is 11.7 Å². The first-order valence-electron chi connectivity index (χ1n) is 7.86. The predicted molar refractivity (Wildman–Crippen MR) is 93.8 cm³/mol. The van der Waals surface area contributed by atoms with Gasteiger partial charge in [0.1, 0.15) is 6.04 Å². The van der Waals surface area contributed by atoms with E-state index in [0.717, 1.165) is 11.1 Å². The molecular weight excluding hydrogens is 304 g/mol. The highest BCUT2D eigenvalue weighted by Crippen LogP contribution is 2.14. The zero-order valence-corrected chi connectivity index (χ0v) is 13.8. The smallest absolute Gasteiger partial charge is 0.321 e. The Balaban J connectivity index is 1.98. The standard InChI is InChI=1S/C19H22N2O3/c1-13-7-6-10-16(11-13)21-18(22)12-17(19(23)24)20-14(2)15-8-4-3-5-9-15/h3-11,14,17,20H,12H2,1-2H3,(H,21,22)(H,23,24)/t14-,17-/m1/s1. The highest BCUT2D eigenvalue weighted by molar-refractivity contribution is 5.94. The average Bonchev–Trinajstić information content (AvgIpc) is 2.54. The maximum atomic E-state index is 12.1. The van der Waals surface area contributed by atoms with Gasteiger partial charge in [-0.2, -0.15) is 0 Å². The molecule has 0 aromatic heterocycles. The van der Waals surface area contributed by atoms with Crippen molar-refractivity contribution in [3.8, 4) is 0 Å². The molecule has 0 bridgehead atoms. The molecule has 0 radical (unpaired) electrons. The van der Waals surface area contributed by atoms with Gasteiger partial charge in [-0.15, -0.1) is 0 Å². The number of carboxylic acid groups (broad SMARTS) is 1. The lowest BCUT2D eigenvalue weighted by atomic mass is 10.1. The van der Waals surface area contributed by atoms with Gasteiger partial charge < -0.3 is 10.4 Å². The summed E-state index contributed by atoms with van der Waals surface area (Å²) in [6.07, 6.45) is -0.138. The van der Waals surface area contributed by atoms with Gasteiger partial charge >= 0.3 is 5.97 Å². The number of benzene rings is 2. The Morgan fingerprint density at radius 3 is 2.42 bits per heavy atom. The fourth-order valence-corrected chi connectivity index (χ4v) is 2.48. The molecule has 24 heavy (non-hydrogen) atoms. The molecule has 0 aliphatic carbocycles. The number of aryl methyl sites for hydroxylation is 1. The van der Waals surface area contributed by atoms with E-state index < -0.39 is 12.0 Å². The number of nitrogens with one attached hydrogen (secondary N) is 2. The van der Waals surface area contributed by atoms with Crippen LogP contribution in [0.5, 0.6) is 0 Å². The van der Waals surface area contributed by atoms with Crippen molar-refractivity contribution in [1.82, 2.24) is 5.32 Å². The van der Waals surface area contributed by atoms with Crippen molar-refractivity contribution in [2.45, 2.75) is 32.4 Å². The third-order valence-electron chi connectivity index (χ3n) is 3.74. The van der Waals surface area contributed by atoms with Crippen LogP contribution in [0.1, 0.15) is 30.5 Å². The van der Waals surface area contributed by atoms with Crippen LogP contribution in [0, 0.1) is 6.92 Å². The second-order valence-corrected chi connectivity index (χ2v) is 5.81. The highest BCUT2D eigenvalue weighted by Gasteiger charge is 2.23. The van der Waals surface area contributed by atoms with E-state index in [4.69, 9.17) is 0 Å². The van der Waals surface area contributed by atoms with Gasteiger partial charge in [0.05, 0.1) is 6.42 Å². The van der Waals surface area contributed by atoms with Crippen LogP contribution in [0.4, 0.5) is 5.69 Å². The zero-order chi connectivity index (χ0) is 17.5. The third kappa shape index (κ3) is 5.21. The summed E-state index contributed by atoms with van der Waals surface area (Å²) in [4.78, 5) is 23.6. The molecular formula is C19H22N2O3. The van der Waals surface area contributed by atoms with Gasteiger partial charge in [0.15, 0.2) is 0 Å². The highest BCUT2D eigenvalue weighted by atomic mass is 16.4. The molecule has 0 saturated heterocycles. The average molecular weight is 326 g/mol. The van der Waals surface area contributed by atoms with Crippen molar-refractivity contribution < 1.29 is 14.7 Å². The van der Waals surface area contributed by atoms with Crippen LogP contribution in [0.25, 0.3) is 0 Å². The topological polar surface area (TPSA) is 78.4 Å². The van der Waals surface area contributed by atoms with Crippen LogP contribution in [-0.4, -0.2) is 23.0 Å². The number of hydrogen-bond donors (Lipinski definition) is 3. The van der Waals surface area contributed by atoms with Crippen LogP contribution >= 0.6 is 0 Å². The molecule has 0 spiro atoms. The lowest BCUT2D eigenvalue weighted by Gasteiger charge is -2.20. The number of hydrogen-bond acceptors (Lipinski definition) is 3. The van der Waals surface area contributed by atoms with E-state index >= 15 is 0 Å². The summed E-state index contributed by atoms with van der Waals surface area (Å²) in [5, 5.41) is 15.1. The van der Waals surface area contributed by atoms with Crippen molar-refractivity contribution in [3.63, 3.8) is 0 Å². The van der Waals surface area contributed by atoms with Crippen molar-refractivity contribution in [2.24, 2.45) is 0 Å². The van der Waals surface area contributed by atoms with E-state index in [2.05, 4.69) is 10.6 Å². The van der Waals surface area contributed by atoms with Crippen LogP contribution in [0.15, 0.2) is 54.6 Å². The van der Waals surface area contributed by atoms with E-state index in [0.29, 0.717) is 5.69 Å². The molecule has 0 unspecified atom stereocenters. The Labute approximate surface area is 141 Å². The summed E-state index contributed by atoms with van der Waals surface area (Å²) in [5.41, 5.74) is 2.67. The second-order valence-electron chi connectivity index (χ2n) is 5.81. The summed E-state index contributed by atoms with van der Waals surface area (Å²) in [6, 6.07) is 15.8. The second kappa shape index (κ2) is 8.26. The predicted octanol–water partition coefficient (Wildman–Crippen LogP) is 3.13. The number of anilines is 1. The first kappa shape index (κ1) is 17.7. The van der Waals surface area contributed by atoms with Gasteiger partial charge in [0.25, 0.3) is 0 Å². The molecule has 0 saturated carbocycles. The summed E-state index contributed by atoms with van der Waals surface area (Å²) >= 11 is 0. The quantitative estimate of drug-likeness (QED) is 0.730. The molecule has 126 valence electrons. The number of aliphatic carboxylic acids is 1. The van der Waals surface area contributed by atoms with Crippen LogP contribution in [-0.2, 0) is 9.59 Å². The van der Waals surface area contributed by atoms with Crippen molar-refractivity contribution >= 4 is 17.6 Å². The Kier molecular flexibility index (Phi) is 6.09. The normalized spacial score (nSPS) is 13.1. The van der Waals surface area contributed by atoms with Gasteiger partial charge in [-0.05, 0) is 37.1 Å². The maximum absolute atomic E-state index is 12.1. The number of rotatable bonds is 7. The van der Waals surface area contributed by atoms with Gasteiger partial charge in [-0.25, -0.2) is 0 Å². The molecule has 0 aliphatic heterocycles. The van der Waals surface area contributed by atoms with Crippen molar-refractivity contribution in [1.29, 1.82) is 0 Å². The number of carbonyl (C=O) groups excluding carboxylic acids is 1. The molecule has 2 aromatic carbocycles. The van der Waals surface area contributed by atoms with E-state index in [1.54, 1.807) is 6.07 Å². The molecule has 2 aromatic rings. The number of carbonyl (C=O) groups is 2. The molecule has 3 N–H and O–H groups in total. The van der Waals surface area contributed by atoms with Gasteiger partial charge in [-0.3, -0.25) is 14.9 Å². The summed E-state index contributed by atoms with van der Waals surface area (Å²) < 4.78 is 0. The number of amides is 1. The lowest BCUT2D eigenvalue weighted by Crippen LogP contribution is -2.41. The van der Waals surface area contributed by atoms with E-state index in [1.165, 1.54) is 0 Å². The van der Waals surface area contributed by atoms with Gasteiger partial charge in [-0.1, -0.05) is 42.5 Å². The Hall–Kier alpha value is -2.66. The van der Waals surface area contributed by atoms with Crippen LogP contribution in [0.2, 0.25) is 0 Å². The lowest BCUT2D eigenvalue weighted by molar-refractivity contribution is -0.141. The van der Waals surface area contributed by atoms with E-state index in [-0.39, 0.29) is 18.4 Å². The van der Waals surface area contributed by atoms with Gasteiger partial charge in [0.2, 0.25) is 5.91 Å². The first-order chi connectivity index (χ1) is 11.5. The van der Waals surface area contributed by atoms with Crippen LogP contribution < -0.4 is 10.6 Å². The molecule has 5 heteroatoms. The molecule has 1 amide bonds. The molecule has 5 nitrogen and oxygen atoms in total. The third-order valence-corrected chi connectivity index (χ3v) is 3.74. The minimum absolute atomic E-state index is 0.138. The van der Waals surface area contributed by atoms with Crippen molar-refractivity contribution in [3.05, 3.63) is 65.7 Å².